The molecule has 0 aromatic carbocycles. The van der Waals surface area contributed by atoms with Crippen molar-refractivity contribution in [2.24, 2.45) is 23.3 Å². The molecule has 2 rings (SSSR count). The summed E-state index contributed by atoms with van der Waals surface area (Å²) in [5.41, 5.74) is 15.3. The molecule has 1 saturated heterocycles. The first-order valence-electron chi connectivity index (χ1n) is 6.53. The van der Waals surface area contributed by atoms with Gasteiger partial charge in [-0.15, -0.1) is 0 Å². The van der Waals surface area contributed by atoms with E-state index in [-0.39, 0.29) is 30.1 Å². The Morgan fingerprint density at radius 1 is 1.39 bits per heavy atom. The third-order valence-electron chi connectivity index (χ3n) is 3.95. The van der Waals surface area contributed by atoms with E-state index >= 15 is 0 Å². The van der Waals surface area contributed by atoms with E-state index in [0.29, 0.717) is 6.54 Å². The van der Waals surface area contributed by atoms with Crippen molar-refractivity contribution in [3.8, 4) is 0 Å². The lowest BCUT2D eigenvalue weighted by atomic mass is 9.93. The largest absolute Gasteiger partial charge is 0.330 e. The van der Waals surface area contributed by atoms with E-state index in [0.717, 1.165) is 12.7 Å². The van der Waals surface area contributed by atoms with Crippen LogP contribution in [0.5, 0.6) is 0 Å². The Kier molecular flexibility index (Phi) is 4.29. The lowest BCUT2D eigenvalue weighted by Gasteiger charge is -2.34. The summed E-state index contributed by atoms with van der Waals surface area (Å²) in [6.45, 7) is 2.63. The number of nitrogens with one attached hydrogen (secondary N) is 1. The number of carbonyl (C=O) groups excluding carboxylic acids is 1. The van der Waals surface area contributed by atoms with Crippen LogP contribution in [-0.2, 0) is 4.79 Å². The van der Waals surface area contributed by atoms with Crippen molar-refractivity contribution in [2.75, 3.05) is 6.54 Å². The smallest absolute Gasteiger partial charge is 0.138 e. The molecule has 5 heteroatoms. The van der Waals surface area contributed by atoms with Gasteiger partial charge in [-0.3, -0.25) is 0 Å². The lowest BCUT2D eigenvalue weighted by molar-refractivity contribution is -0.110. The van der Waals surface area contributed by atoms with Crippen LogP contribution in [0.2, 0.25) is 0 Å². The summed E-state index contributed by atoms with van der Waals surface area (Å²) >= 11 is 0. The third-order valence-corrected chi connectivity index (χ3v) is 3.95. The molecule has 1 aliphatic carbocycles. The van der Waals surface area contributed by atoms with Gasteiger partial charge in [-0.2, -0.15) is 0 Å². The monoisotopic (exact) mass is 250 g/mol. The van der Waals surface area contributed by atoms with Crippen LogP contribution in [0.25, 0.3) is 0 Å². The van der Waals surface area contributed by atoms with E-state index in [4.69, 9.17) is 11.5 Å². The van der Waals surface area contributed by atoms with Crippen LogP contribution in [-0.4, -0.2) is 36.1 Å². The second kappa shape index (κ2) is 5.75. The Balaban J connectivity index is 2.16. The molecule has 5 nitrogen and oxygen atoms in total. The number of hydrogen-bond donors (Lipinski definition) is 3. The second-order valence-electron chi connectivity index (χ2n) is 4.92. The van der Waals surface area contributed by atoms with Crippen molar-refractivity contribution in [3.63, 3.8) is 0 Å². The van der Waals surface area contributed by atoms with Gasteiger partial charge < -0.3 is 16.3 Å². The number of hydrazine groups is 1. The van der Waals surface area contributed by atoms with E-state index < -0.39 is 0 Å². The van der Waals surface area contributed by atoms with Gasteiger partial charge >= 0.3 is 0 Å². The van der Waals surface area contributed by atoms with Crippen LogP contribution in [0.4, 0.5) is 0 Å². The van der Waals surface area contributed by atoms with E-state index in [2.05, 4.69) is 24.5 Å². The molecule has 5 unspecified atom stereocenters. The molecule has 1 fully saturated rings. The van der Waals surface area contributed by atoms with Crippen LogP contribution in [0, 0.1) is 11.8 Å². The van der Waals surface area contributed by atoms with Gasteiger partial charge in [-0.25, -0.2) is 10.4 Å². The summed E-state index contributed by atoms with van der Waals surface area (Å²) in [4.78, 5) is 11.1. The third kappa shape index (κ3) is 2.27. The minimum absolute atomic E-state index is 0.119. The molecule has 0 aromatic rings. The van der Waals surface area contributed by atoms with Gasteiger partial charge in [-0.05, 0) is 6.42 Å². The maximum absolute atomic E-state index is 11.1. The van der Waals surface area contributed by atoms with Crippen molar-refractivity contribution in [1.82, 2.24) is 10.4 Å². The van der Waals surface area contributed by atoms with Crippen molar-refractivity contribution in [1.29, 1.82) is 0 Å². The predicted molar refractivity (Wildman–Crippen MR) is 71.2 cm³/mol. The Morgan fingerprint density at radius 2 is 2.11 bits per heavy atom. The highest BCUT2D eigenvalue weighted by Crippen LogP contribution is 2.27. The zero-order valence-corrected chi connectivity index (χ0v) is 10.7. The number of nitrogens with two attached hydrogens (primary N) is 2. The fraction of sp³-hybridized carbons (Fsp3) is 0.615. The highest BCUT2D eigenvalue weighted by Gasteiger charge is 2.42. The van der Waals surface area contributed by atoms with Crippen molar-refractivity contribution >= 4 is 6.29 Å². The lowest BCUT2D eigenvalue weighted by Crippen LogP contribution is -2.53. The molecule has 0 saturated carbocycles. The first-order chi connectivity index (χ1) is 8.72. The Morgan fingerprint density at radius 3 is 2.67 bits per heavy atom. The summed E-state index contributed by atoms with van der Waals surface area (Å²) < 4.78 is 0. The molecule has 0 bridgehead atoms. The molecular weight excluding hydrogens is 228 g/mol. The Bertz CT molecular complexity index is 355. The normalized spacial score (nSPS) is 40.3. The molecule has 0 spiro atoms. The molecule has 0 amide bonds. The summed E-state index contributed by atoms with van der Waals surface area (Å²) in [6.07, 6.45) is 9.87. The quantitative estimate of drug-likeness (QED) is 0.599. The Labute approximate surface area is 108 Å². The summed E-state index contributed by atoms with van der Waals surface area (Å²) in [5, 5.41) is 1.99. The van der Waals surface area contributed by atoms with Gasteiger partial charge in [0.15, 0.2) is 0 Å². The minimum Gasteiger partial charge on any atom is -0.330 e. The average molecular weight is 250 g/mol. The summed E-state index contributed by atoms with van der Waals surface area (Å²) in [5.74, 6) is 0.386. The number of allylic oxidation sites excluding steroid dienone is 2. The highest BCUT2D eigenvalue weighted by atomic mass is 16.1. The average Bonchev–Trinajstić information content (AvgIpc) is 2.74. The molecule has 0 radical (unpaired) electrons. The number of aldehydes is 1. The zero-order valence-electron chi connectivity index (χ0n) is 10.7. The molecular formula is C13H22N4O. The van der Waals surface area contributed by atoms with Crippen LogP contribution >= 0.6 is 0 Å². The number of carbonyl (C=O) groups is 1. The van der Waals surface area contributed by atoms with Gasteiger partial charge in [-0.1, -0.05) is 31.2 Å². The Hall–Kier alpha value is -1.01. The molecule has 18 heavy (non-hydrogen) atoms. The number of rotatable bonds is 4. The minimum atomic E-state index is -0.192. The van der Waals surface area contributed by atoms with Crippen LogP contribution < -0.4 is 16.9 Å². The topological polar surface area (TPSA) is 84.4 Å². The molecule has 1 aliphatic heterocycles. The van der Waals surface area contributed by atoms with Crippen molar-refractivity contribution < 1.29 is 4.79 Å². The molecule has 5 atom stereocenters. The summed E-state index contributed by atoms with van der Waals surface area (Å²) in [6, 6.07) is -0.0725. The van der Waals surface area contributed by atoms with Crippen LogP contribution in [0.3, 0.4) is 0 Å². The van der Waals surface area contributed by atoms with Crippen LogP contribution in [0.15, 0.2) is 24.3 Å². The van der Waals surface area contributed by atoms with Gasteiger partial charge in [0.25, 0.3) is 0 Å². The summed E-state index contributed by atoms with van der Waals surface area (Å²) in [7, 11) is 0. The molecule has 1 heterocycles. The fourth-order valence-electron chi connectivity index (χ4n) is 2.84. The van der Waals surface area contributed by atoms with Gasteiger partial charge in [0.05, 0.1) is 18.2 Å². The maximum Gasteiger partial charge on any atom is 0.138 e. The molecule has 5 N–H and O–H groups in total. The van der Waals surface area contributed by atoms with E-state index in [1.165, 1.54) is 0 Å². The van der Waals surface area contributed by atoms with Gasteiger partial charge in [0.1, 0.15) is 6.29 Å². The first kappa shape index (κ1) is 13.4. The first-order valence-corrected chi connectivity index (χ1v) is 6.53. The van der Waals surface area contributed by atoms with E-state index in [1.807, 2.05) is 17.2 Å². The van der Waals surface area contributed by atoms with E-state index in [9.17, 15) is 4.79 Å². The predicted octanol–water partition coefficient (Wildman–Crippen LogP) is -0.245. The van der Waals surface area contributed by atoms with E-state index in [1.54, 1.807) is 0 Å². The van der Waals surface area contributed by atoms with Gasteiger partial charge in [0.2, 0.25) is 0 Å². The SMILES string of the molecule is CCC1C(C=O)NN(C2C=CC=CC2CN)C1N. The fourth-order valence-corrected chi connectivity index (χ4v) is 2.84. The second-order valence-corrected chi connectivity index (χ2v) is 4.92. The van der Waals surface area contributed by atoms with Crippen molar-refractivity contribution in [3.05, 3.63) is 24.3 Å². The molecule has 100 valence electrons. The van der Waals surface area contributed by atoms with Gasteiger partial charge in [0, 0.05) is 18.4 Å². The van der Waals surface area contributed by atoms with Crippen LogP contribution in [0.1, 0.15) is 13.3 Å². The standard InChI is InChI=1S/C13H22N4O/c1-2-10-11(8-18)16-17(13(10)15)12-6-4-3-5-9(12)7-14/h3-6,8-13,16H,2,7,14-15H2,1H3. The number of nitrogens with zero attached hydrogens (tertiary/aromatic N) is 1. The maximum atomic E-state index is 11.1. The zero-order chi connectivity index (χ0) is 13.1. The molecule has 0 aromatic heterocycles. The highest BCUT2D eigenvalue weighted by molar-refractivity contribution is 5.59. The van der Waals surface area contributed by atoms with Crippen molar-refractivity contribution in [2.45, 2.75) is 31.6 Å². The molecule has 2 aliphatic rings. The number of hydrogen-bond acceptors (Lipinski definition) is 5.